The van der Waals surface area contributed by atoms with Crippen molar-refractivity contribution in [2.24, 2.45) is 0 Å². The Kier molecular flexibility index (Phi) is 6.52. The lowest BCUT2D eigenvalue weighted by molar-refractivity contribution is -0.113. The van der Waals surface area contributed by atoms with Gasteiger partial charge in [-0.3, -0.25) is 4.79 Å². The third-order valence-electron chi connectivity index (χ3n) is 0.321. The zero-order valence-corrected chi connectivity index (χ0v) is 4.03. The number of amides is 1. The summed E-state index contributed by atoms with van der Waals surface area (Å²) >= 11 is 0. The van der Waals surface area contributed by atoms with E-state index in [0.29, 0.717) is 4.90 Å². The van der Waals surface area contributed by atoms with Gasteiger partial charge in [-0.05, 0) is 0 Å². The molecule has 0 aliphatic rings. The van der Waals surface area contributed by atoms with Crippen molar-refractivity contribution >= 4 is 6.41 Å². The zero-order chi connectivity index (χ0) is 5.70. The molecule has 0 aliphatic carbocycles. The van der Waals surface area contributed by atoms with Crippen LogP contribution in [0.25, 0.3) is 0 Å². The van der Waals surface area contributed by atoms with Crippen molar-refractivity contribution in [3.63, 3.8) is 0 Å². The van der Waals surface area contributed by atoms with Gasteiger partial charge in [0.15, 0.2) is 0 Å². The molecule has 0 bridgehead atoms. The van der Waals surface area contributed by atoms with Crippen molar-refractivity contribution in [2.75, 3.05) is 0 Å². The van der Waals surface area contributed by atoms with Gasteiger partial charge in [0.05, 0.1) is 0 Å². The third-order valence-corrected chi connectivity index (χ3v) is 0.321. The highest BCUT2D eigenvalue weighted by molar-refractivity contribution is 5.52. The van der Waals surface area contributed by atoms with Crippen molar-refractivity contribution in [1.82, 2.24) is 11.1 Å². The van der Waals surface area contributed by atoms with Gasteiger partial charge in [-0.15, -0.1) is 0 Å². The molecule has 1 amide bonds. The monoisotopic (exact) mass is 112 g/mol. The number of carbonyl (C=O) groups excluding carboxylic acids is 1. The number of nitriles is 2. The van der Waals surface area contributed by atoms with Crippen LogP contribution in [0.4, 0.5) is 0 Å². The molecule has 5 nitrogen and oxygen atoms in total. The maximum atomic E-state index is 9.45. The first-order valence-corrected chi connectivity index (χ1v) is 1.39. The predicted molar refractivity (Wildman–Crippen MR) is 24.2 cm³/mol. The second-order valence-electron chi connectivity index (χ2n) is 0.675. The lowest BCUT2D eigenvalue weighted by Gasteiger charge is -1.82. The fourth-order valence-electron chi connectivity index (χ4n) is 0.0695. The second kappa shape index (κ2) is 5.41. The summed E-state index contributed by atoms with van der Waals surface area (Å²) in [5.74, 6) is 0. The molecular formula is C3H4N4O. The lowest BCUT2D eigenvalue weighted by atomic mass is 10.9. The molecule has 0 atom stereocenters. The van der Waals surface area contributed by atoms with Gasteiger partial charge in [0.25, 0.3) is 0 Å². The van der Waals surface area contributed by atoms with E-state index in [4.69, 9.17) is 10.5 Å². The molecular weight excluding hydrogens is 108 g/mol. The molecule has 0 rings (SSSR count). The summed E-state index contributed by atoms with van der Waals surface area (Å²) in [6.45, 7) is 0. The first-order chi connectivity index (χ1) is 3.35. The van der Waals surface area contributed by atoms with Gasteiger partial charge in [0, 0.05) is 0 Å². The van der Waals surface area contributed by atoms with Crippen molar-refractivity contribution < 1.29 is 4.79 Å². The highest BCUT2D eigenvalue weighted by Crippen LogP contribution is 1.66. The largest absolute Gasteiger partial charge is 0.344 e. The van der Waals surface area contributed by atoms with Crippen LogP contribution in [0, 0.1) is 22.9 Å². The Balaban J connectivity index is 0. The average Bonchev–Trinajstić information content (AvgIpc) is 1.72. The molecule has 0 unspecified atom stereocenters. The van der Waals surface area contributed by atoms with Crippen LogP contribution in [0.2, 0.25) is 0 Å². The molecule has 0 spiro atoms. The first-order valence-electron chi connectivity index (χ1n) is 1.39. The Morgan fingerprint density at radius 2 is 1.75 bits per heavy atom. The lowest BCUT2D eigenvalue weighted by Crippen LogP contribution is -2.04. The van der Waals surface area contributed by atoms with Crippen LogP contribution in [0.5, 0.6) is 0 Å². The molecule has 0 heterocycles. The summed E-state index contributed by atoms with van der Waals surface area (Å²) in [7, 11) is 0. The minimum atomic E-state index is 0. The molecule has 0 aliphatic heterocycles. The van der Waals surface area contributed by atoms with Crippen LogP contribution in [0.1, 0.15) is 0 Å². The van der Waals surface area contributed by atoms with E-state index in [-0.39, 0.29) is 12.6 Å². The fraction of sp³-hybridized carbons (Fsp3) is 0. The smallest absolute Gasteiger partial charge is 0.236 e. The highest BCUT2D eigenvalue weighted by atomic mass is 16.1. The zero-order valence-electron chi connectivity index (χ0n) is 4.03. The van der Waals surface area contributed by atoms with Gasteiger partial charge in [-0.1, -0.05) is 0 Å². The van der Waals surface area contributed by atoms with Crippen LogP contribution in [-0.2, 0) is 4.79 Å². The quantitative estimate of drug-likeness (QED) is 0.282. The normalized spacial score (nSPS) is 4.75. The minimum absolute atomic E-state index is 0. The number of nitrogens with zero attached hydrogens (tertiary/aromatic N) is 3. The molecule has 0 radical (unpaired) electrons. The molecule has 0 aromatic carbocycles. The molecule has 0 aromatic heterocycles. The molecule has 0 aromatic rings. The number of hydrogen-bond donors (Lipinski definition) is 1. The maximum Gasteiger partial charge on any atom is 0.236 e. The van der Waals surface area contributed by atoms with Gasteiger partial charge >= 0.3 is 0 Å². The summed E-state index contributed by atoms with van der Waals surface area (Å²) in [5.41, 5.74) is 0. The second-order valence-corrected chi connectivity index (χ2v) is 0.675. The molecule has 5 heteroatoms. The van der Waals surface area contributed by atoms with E-state index in [1.165, 1.54) is 12.4 Å². The van der Waals surface area contributed by atoms with Gasteiger partial charge in [-0.25, -0.2) is 0 Å². The predicted octanol–water partition coefficient (Wildman–Crippen LogP) is -0.431. The van der Waals surface area contributed by atoms with Crippen molar-refractivity contribution in [3.8, 4) is 12.4 Å². The molecule has 0 saturated carbocycles. The van der Waals surface area contributed by atoms with E-state index in [0.717, 1.165) is 0 Å². The Bertz CT molecular complexity index is 126. The van der Waals surface area contributed by atoms with E-state index in [2.05, 4.69) is 0 Å². The van der Waals surface area contributed by atoms with Crippen molar-refractivity contribution in [1.29, 1.82) is 10.5 Å². The number of rotatable bonds is 1. The Labute approximate surface area is 46.3 Å². The van der Waals surface area contributed by atoms with Gasteiger partial charge in [0.1, 0.15) is 0 Å². The van der Waals surface area contributed by atoms with Crippen LogP contribution in [0.3, 0.4) is 0 Å². The van der Waals surface area contributed by atoms with Crippen molar-refractivity contribution in [2.45, 2.75) is 0 Å². The Hall–Kier alpha value is -1.59. The summed E-state index contributed by atoms with van der Waals surface area (Å²) in [6.07, 6.45) is 2.75. The summed E-state index contributed by atoms with van der Waals surface area (Å²) in [4.78, 5) is 9.75. The van der Waals surface area contributed by atoms with E-state index in [9.17, 15) is 4.79 Å². The summed E-state index contributed by atoms with van der Waals surface area (Å²) < 4.78 is 0. The van der Waals surface area contributed by atoms with Crippen LogP contribution in [0.15, 0.2) is 0 Å². The van der Waals surface area contributed by atoms with Crippen LogP contribution < -0.4 is 6.15 Å². The molecule has 42 valence electrons. The van der Waals surface area contributed by atoms with E-state index < -0.39 is 0 Å². The van der Waals surface area contributed by atoms with Gasteiger partial charge in [0.2, 0.25) is 18.8 Å². The maximum absolute atomic E-state index is 9.45. The van der Waals surface area contributed by atoms with Crippen LogP contribution >= 0.6 is 0 Å². The Morgan fingerprint density at radius 1 is 1.38 bits per heavy atom. The van der Waals surface area contributed by atoms with Gasteiger partial charge < -0.3 is 6.15 Å². The summed E-state index contributed by atoms with van der Waals surface area (Å²) in [5, 5.41) is 15.5. The highest BCUT2D eigenvalue weighted by Gasteiger charge is 1.88. The standard InChI is InChI=1S/C3HN3O.H3N/c4-1-6(2-5)3-7;/h3H;1H3. The SMILES string of the molecule is N.N#CN(C#N)C=O. The Morgan fingerprint density at radius 3 is 1.75 bits per heavy atom. The molecule has 0 fully saturated rings. The first kappa shape index (κ1) is 9.65. The number of hydrogen-bond acceptors (Lipinski definition) is 4. The minimum Gasteiger partial charge on any atom is -0.344 e. The summed E-state index contributed by atoms with van der Waals surface area (Å²) in [6, 6.07) is 0. The third kappa shape index (κ3) is 2.64. The van der Waals surface area contributed by atoms with Crippen molar-refractivity contribution in [3.05, 3.63) is 0 Å². The van der Waals surface area contributed by atoms with E-state index in [1.807, 2.05) is 0 Å². The van der Waals surface area contributed by atoms with E-state index >= 15 is 0 Å². The van der Waals surface area contributed by atoms with Gasteiger partial charge in [-0.2, -0.15) is 15.4 Å². The van der Waals surface area contributed by atoms with Crippen LogP contribution in [-0.4, -0.2) is 11.3 Å². The average molecular weight is 112 g/mol. The topological polar surface area (TPSA) is 103 Å². The molecule has 3 N–H and O–H groups in total. The molecule has 8 heavy (non-hydrogen) atoms. The fourth-order valence-corrected chi connectivity index (χ4v) is 0.0695. The molecule has 0 saturated heterocycles. The van der Waals surface area contributed by atoms with E-state index in [1.54, 1.807) is 0 Å². The number of carbonyl (C=O) groups is 1.